The molecule has 25 heavy (non-hydrogen) atoms. The maximum Gasteiger partial charge on any atom is 0.411 e. The zero-order chi connectivity index (χ0) is 17.7. The lowest BCUT2D eigenvalue weighted by Crippen LogP contribution is -3.00. The number of carbonyl (C=O) groups is 2. The van der Waals surface area contributed by atoms with Crippen LogP contribution in [0.3, 0.4) is 0 Å². The van der Waals surface area contributed by atoms with Crippen LogP contribution in [0.5, 0.6) is 5.75 Å². The van der Waals surface area contributed by atoms with Gasteiger partial charge in [-0.15, -0.1) is 0 Å². The highest BCUT2D eigenvalue weighted by molar-refractivity contribution is 5.92. The van der Waals surface area contributed by atoms with Crippen molar-refractivity contribution in [3.63, 3.8) is 0 Å². The van der Waals surface area contributed by atoms with Crippen LogP contribution in [0.15, 0.2) is 36.9 Å². The maximum absolute atomic E-state index is 12.1. The van der Waals surface area contributed by atoms with Crippen LogP contribution < -0.4 is 32.1 Å². The lowest BCUT2D eigenvalue weighted by atomic mass is 10.2. The number of halogens is 1. The molecule has 0 atom stereocenters. The number of anilines is 2. The topological polar surface area (TPSA) is 96.9 Å². The average Bonchev–Trinajstić information content (AvgIpc) is 2.99. The molecule has 0 aliphatic rings. The Labute approximate surface area is 150 Å². The molecule has 0 unspecified atom stereocenters. The molecular formula is C15H19ClN4O5. The number of nitrogens with one attached hydrogen (secondary N) is 1. The summed E-state index contributed by atoms with van der Waals surface area (Å²) in [5.41, 5.74) is 0.565. The standard InChI is InChI=1S/C15H18N4O5.ClH/c1-17-6-7-18(10-17)9-14(20)19(22)11-4-5-12(13(8-11)23-2)16-15(21)24-3;/h4-8,10,22H,9H2,1-3H3;1H. The van der Waals surface area contributed by atoms with E-state index in [-0.39, 0.29) is 30.4 Å². The summed E-state index contributed by atoms with van der Waals surface area (Å²) in [6, 6.07) is 4.40. The molecule has 1 aromatic carbocycles. The Balaban J connectivity index is 0.00000312. The van der Waals surface area contributed by atoms with Gasteiger partial charge in [-0.2, -0.15) is 5.06 Å². The first-order chi connectivity index (χ1) is 11.4. The molecule has 1 aromatic heterocycles. The number of imidazole rings is 1. The maximum atomic E-state index is 12.1. The lowest BCUT2D eigenvalue weighted by molar-refractivity contribution is -0.671. The number of hydroxylamine groups is 1. The minimum absolute atomic E-state index is 0. The van der Waals surface area contributed by atoms with E-state index in [0.717, 1.165) is 0 Å². The number of ether oxygens (including phenoxy) is 2. The molecule has 0 saturated heterocycles. The summed E-state index contributed by atoms with van der Waals surface area (Å²) in [6.45, 7) is -0.0260. The number of amides is 2. The number of carbonyl (C=O) groups excluding carboxylic acids is 2. The van der Waals surface area contributed by atoms with Crippen molar-refractivity contribution in [2.45, 2.75) is 6.54 Å². The zero-order valence-corrected chi connectivity index (χ0v) is 14.7. The van der Waals surface area contributed by atoms with Crippen LogP contribution in [0.4, 0.5) is 16.2 Å². The van der Waals surface area contributed by atoms with Crippen LogP contribution >= 0.6 is 0 Å². The van der Waals surface area contributed by atoms with Gasteiger partial charge in [0.2, 0.25) is 6.33 Å². The third-order valence-electron chi connectivity index (χ3n) is 3.23. The summed E-state index contributed by atoms with van der Waals surface area (Å²) in [5.74, 6) is -0.251. The fourth-order valence-corrected chi connectivity index (χ4v) is 2.04. The third kappa shape index (κ3) is 5.10. The van der Waals surface area contributed by atoms with E-state index in [1.807, 2.05) is 7.05 Å². The summed E-state index contributed by atoms with van der Waals surface area (Å²) in [5, 5.41) is 13.1. The van der Waals surface area contributed by atoms with Crippen LogP contribution in [0.25, 0.3) is 0 Å². The van der Waals surface area contributed by atoms with Gasteiger partial charge in [0, 0.05) is 6.07 Å². The van der Waals surface area contributed by atoms with E-state index in [9.17, 15) is 14.8 Å². The average molecular weight is 371 g/mol. The van der Waals surface area contributed by atoms with Gasteiger partial charge in [0.1, 0.15) is 18.1 Å². The molecule has 0 fully saturated rings. The van der Waals surface area contributed by atoms with E-state index in [1.165, 1.54) is 32.4 Å². The fourth-order valence-electron chi connectivity index (χ4n) is 2.04. The first-order valence-corrected chi connectivity index (χ1v) is 7.00. The van der Waals surface area contributed by atoms with E-state index >= 15 is 0 Å². The fraction of sp³-hybridized carbons (Fsp3) is 0.267. The van der Waals surface area contributed by atoms with Gasteiger partial charge in [0.15, 0.2) is 6.54 Å². The summed E-state index contributed by atoms with van der Waals surface area (Å²) in [4.78, 5) is 23.4. The molecule has 0 radical (unpaired) electrons. The molecule has 1 heterocycles. The summed E-state index contributed by atoms with van der Waals surface area (Å²) >= 11 is 0. The van der Waals surface area contributed by atoms with Gasteiger partial charge >= 0.3 is 6.09 Å². The van der Waals surface area contributed by atoms with E-state index in [4.69, 9.17) is 4.74 Å². The molecule has 0 bridgehead atoms. The van der Waals surface area contributed by atoms with E-state index in [0.29, 0.717) is 10.8 Å². The number of nitrogens with zero attached hydrogens (tertiary/aromatic N) is 3. The van der Waals surface area contributed by atoms with Crippen LogP contribution in [-0.2, 0) is 23.1 Å². The molecular weight excluding hydrogens is 352 g/mol. The summed E-state index contributed by atoms with van der Waals surface area (Å²) < 4.78 is 13.1. The highest BCUT2D eigenvalue weighted by Crippen LogP contribution is 2.29. The van der Waals surface area contributed by atoms with Gasteiger partial charge in [0.05, 0.1) is 32.6 Å². The first-order valence-electron chi connectivity index (χ1n) is 7.00. The Morgan fingerprint density at radius 1 is 1.36 bits per heavy atom. The zero-order valence-electron chi connectivity index (χ0n) is 14.0. The van der Waals surface area contributed by atoms with Crippen molar-refractivity contribution in [2.24, 2.45) is 7.05 Å². The summed E-state index contributed by atoms with van der Waals surface area (Å²) in [6.07, 6.45) is 4.56. The van der Waals surface area contributed by atoms with Crippen LogP contribution in [-0.4, -0.2) is 36.0 Å². The third-order valence-corrected chi connectivity index (χ3v) is 3.23. The smallest absolute Gasteiger partial charge is 0.411 e. The molecule has 2 rings (SSSR count). The van der Waals surface area contributed by atoms with Gasteiger partial charge in [-0.1, -0.05) is 0 Å². The van der Waals surface area contributed by atoms with Gasteiger partial charge in [-0.25, -0.2) is 13.9 Å². The molecule has 0 saturated carbocycles. The number of hydrogen-bond acceptors (Lipinski definition) is 5. The number of aromatic nitrogens is 2. The second-order valence-corrected chi connectivity index (χ2v) is 4.96. The number of rotatable bonds is 5. The molecule has 9 nitrogen and oxygen atoms in total. The highest BCUT2D eigenvalue weighted by atomic mass is 35.5. The molecule has 2 aromatic rings. The molecule has 0 aliphatic heterocycles. The molecule has 0 aliphatic carbocycles. The van der Waals surface area contributed by atoms with Gasteiger partial charge in [0.25, 0.3) is 5.91 Å². The number of benzene rings is 1. The van der Waals surface area contributed by atoms with Crippen molar-refractivity contribution in [2.75, 3.05) is 24.6 Å². The Hall–Kier alpha value is -2.78. The Kier molecular flexibility index (Phi) is 7.22. The first kappa shape index (κ1) is 20.3. The molecule has 2 amide bonds. The van der Waals surface area contributed by atoms with Crippen LogP contribution in [0, 0.1) is 0 Å². The van der Waals surface area contributed by atoms with Gasteiger partial charge in [-0.3, -0.25) is 15.3 Å². The van der Waals surface area contributed by atoms with Crippen molar-refractivity contribution in [1.29, 1.82) is 0 Å². The minimum Gasteiger partial charge on any atom is -1.00 e. The lowest BCUT2D eigenvalue weighted by Gasteiger charge is -2.16. The highest BCUT2D eigenvalue weighted by Gasteiger charge is 2.19. The van der Waals surface area contributed by atoms with Crippen molar-refractivity contribution in [3.05, 3.63) is 36.9 Å². The van der Waals surface area contributed by atoms with Crippen molar-refractivity contribution < 1.29 is 41.2 Å². The number of hydrogen-bond donors (Lipinski definition) is 2. The number of methoxy groups -OCH3 is 2. The normalized spacial score (nSPS) is 9.76. The number of aryl methyl sites for hydroxylation is 1. The largest absolute Gasteiger partial charge is 1.00 e. The second-order valence-electron chi connectivity index (χ2n) is 4.96. The Morgan fingerprint density at radius 3 is 2.64 bits per heavy atom. The summed E-state index contributed by atoms with van der Waals surface area (Å²) in [7, 11) is 4.48. The predicted octanol–water partition coefficient (Wildman–Crippen LogP) is -2.07. The van der Waals surface area contributed by atoms with Crippen molar-refractivity contribution in [1.82, 2.24) is 4.57 Å². The predicted molar refractivity (Wildman–Crippen MR) is 83.9 cm³/mol. The van der Waals surface area contributed by atoms with Crippen LogP contribution in [0.1, 0.15) is 0 Å². The van der Waals surface area contributed by atoms with E-state index in [1.54, 1.807) is 27.9 Å². The molecule has 0 spiro atoms. The quantitative estimate of drug-likeness (QED) is 0.358. The monoisotopic (exact) mass is 370 g/mol. The van der Waals surface area contributed by atoms with Gasteiger partial charge < -0.3 is 21.9 Å². The van der Waals surface area contributed by atoms with Crippen molar-refractivity contribution >= 4 is 23.4 Å². The van der Waals surface area contributed by atoms with Crippen molar-refractivity contribution in [3.8, 4) is 5.75 Å². The SMILES string of the molecule is COC(=O)Nc1ccc(N(O)C(=O)Cn2cc[n+](C)c2)cc1OC.[Cl-]. The Morgan fingerprint density at radius 2 is 2.08 bits per heavy atom. The van der Waals surface area contributed by atoms with Crippen LogP contribution in [0.2, 0.25) is 0 Å². The molecule has 136 valence electrons. The van der Waals surface area contributed by atoms with Gasteiger partial charge in [-0.05, 0) is 12.1 Å². The Bertz CT molecular complexity index is 749. The minimum atomic E-state index is -0.654. The van der Waals surface area contributed by atoms with E-state index < -0.39 is 12.0 Å². The molecule has 2 N–H and O–H groups in total. The van der Waals surface area contributed by atoms with E-state index in [2.05, 4.69) is 10.1 Å². The molecule has 10 heteroatoms. The second kappa shape index (κ2) is 8.90.